The highest BCUT2D eigenvalue weighted by Gasteiger charge is 2.23. The summed E-state index contributed by atoms with van der Waals surface area (Å²) in [6.07, 6.45) is 4.51. The van der Waals surface area contributed by atoms with E-state index in [1.165, 1.54) is 0 Å². The van der Waals surface area contributed by atoms with Gasteiger partial charge in [0.25, 0.3) is 0 Å². The summed E-state index contributed by atoms with van der Waals surface area (Å²) in [4.78, 5) is 26.4. The third-order valence-corrected chi connectivity index (χ3v) is 4.87. The highest BCUT2D eigenvalue weighted by molar-refractivity contribution is 9.10. The maximum Gasteiger partial charge on any atom is 0.350 e. The van der Waals surface area contributed by atoms with Gasteiger partial charge < -0.3 is 9.88 Å². The Morgan fingerprint density at radius 3 is 2.83 bits per heavy atom. The molecule has 2 aromatic heterocycles. The Hall–Kier alpha value is -2.15. The molecule has 0 spiro atoms. The average molecular weight is 374 g/mol. The molecule has 3 heterocycles. The Morgan fingerprint density at radius 1 is 1.35 bits per heavy atom. The second-order valence-electron chi connectivity index (χ2n) is 5.77. The van der Waals surface area contributed by atoms with Crippen LogP contribution in [0.1, 0.15) is 25.1 Å². The molecule has 0 radical (unpaired) electrons. The first kappa shape index (κ1) is 14.4. The van der Waals surface area contributed by atoms with Crippen molar-refractivity contribution in [3.05, 3.63) is 51.4 Å². The molecule has 0 unspecified atom stereocenters. The number of rotatable bonds is 3. The van der Waals surface area contributed by atoms with Crippen molar-refractivity contribution < 1.29 is 0 Å². The molecule has 3 aromatic rings. The molecule has 118 valence electrons. The fourth-order valence-electron chi connectivity index (χ4n) is 2.98. The molecule has 1 atom stereocenters. The van der Waals surface area contributed by atoms with Crippen LogP contribution in [0.15, 0.2) is 40.0 Å². The number of aromatic nitrogens is 4. The molecular formula is C16H16BrN5O. The molecule has 1 aliphatic rings. The summed E-state index contributed by atoms with van der Waals surface area (Å²) in [6, 6.07) is 5.83. The monoisotopic (exact) mass is 373 g/mol. The number of aromatic amines is 1. The third-order valence-electron chi connectivity index (χ3n) is 4.38. The zero-order valence-electron chi connectivity index (χ0n) is 12.7. The smallest absolute Gasteiger partial charge is 0.350 e. The number of imidazole rings is 1. The van der Waals surface area contributed by atoms with Crippen molar-refractivity contribution in [3.63, 3.8) is 0 Å². The van der Waals surface area contributed by atoms with Crippen molar-refractivity contribution >= 4 is 32.7 Å². The van der Waals surface area contributed by atoms with Crippen LogP contribution in [0.3, 0.4) is 0 Å². The number of nitrogens with one attached hydrogen (secondary N) is 1. The molecule has 23 heavy (non-hydrogen) atoms. The lowest BCUT2D eigenvalue weighted by atomic mass is 10.1. The predicted molar refractivity (Wildman–Crippen MR) is 92.9 cm³/mol. The van der Waals surface area contributed by atoms with E-state index >= 15 is 0 Å². The number of nitrogens with zero attached hydrogens (tertiary/aromatic N) is 4. The van der Waals surface area contributed by atoms with Crippen molar-refractivity contribution in [2.24, 2.45) is 0 Å². The van der Waals surface area contributed by atoms with Gasteiger partial charge in [-0.15, -0.1) is 0 Å². The molecule has 1 N–H and O–H groups in total. The van der Waals surface area contributed by atoms with Crippen LogP contribution in [0.5, 0.6) is 0 Å². The number of anilines is 1. The van der Waals surface area contributed by atoms with Crippen LogP contribution in [0.2, 0.25) is 0 Å². The first-order valence-electron chi connectivity index (χ1n) is 7.60. The van der Waals surface area contributed by atoms with Gasteiger partial charge in [0.05, 0.1) is 29.8 Å². The van der Waals surface area contributed by atoms with Crippen molar-refractivity contribution in [1.29, 1.82) is 0 Å². The second kappa shape index (κ2) is 5.49. The van der Waals surface area contributed by atoms with E-state index in [0.29, 0.717) is 0 Å². The summed E-state index contributed by atoms with van der Waals surface area (Å²) in [5.41, 5.74) is 1.52. The average Bonchev–Trinajstić information content (AvgIpc) is 2.98. The number of H-pyrrole nitrogens is 1. The Balaban J connectivity index is 1.99. The molecule has 7 heteroatoms. The van der Waals surface area contributed by atoms with Gasteiger partial charge in [0, 0.05) is 22.9 Å². The first-order valence-corrected chi connectivity index (χ1v) is 8.39. The fraction of sp³-hybridized carbons (Fsp3) is 0.312. The van der Waals surface area contributed by atoms with E-state index in [1.807, 2.05) is 25.1 Å². The number of halogens is 1. The maximum absolute atomic E-state index is 12.7. The fourth-order valence-corrected chi connectivity index (χ4v) is 3.33. The van der Waals surface area contributed by atoms with E-state index in [-0.39, 0.29) is 11.7 Å². The van der Waals surface area contributed by atoms with E-state index in [9.17, 15) is 4.79 Å². The molecule has 6 nitrogen and oxygen atoms in total. The van der Waals surface area contributed by atoms with E-state index in [1.54, 1.807) is 17.1 Å². The minimum Gasteiger partial charge on any atom is -0.356 e. The van der Waals surface area contributed by atoms with Gasteiger partial charge in [0.15, 0.2) is 0 Å². The van der Waals surface area contributed by atoms with Crippen LogP contribution in [0, 0.1) is 0 Å². The van der Waals surface area contributed by atoms with Crippen LogP contribution in [0.25, 0.3) is 10.9 Å². The molecule has 1 saturated heterocycles. The van der Waals surface area contributed by atoms with Gasteiger partial charge in [0.2, 0.25) is 0 Å². The van der Waals surface area contributed by atoms with E-state index < -0.39 is 0 Å². The molecule has 1 aliphatic heterocycles. The van der Waals surface area contributed by atoms with Gasteiger partial charge in [-0.1, -0.05) is 15.9 Å². The van der Waals surface area contributed by atoms with Gasteiger partial charge in [-0.3, -0.25) is 4.57 Å². The van der Waals surface area contributed by atoms with Gasteiger partial charge in [-0.2, -0.15) is 4.98 Å². The Labute approximate surface area is 141 Å². The quantitative estimate of drug-likeness (QED) is 0.766. The number of hydrogen-bond donors (Lipinski definition) is 1. The zero-order valence-corrected chi connectivity index (χ0v) is 14.2. The largest absolute Gasteiger partial charge is 0.356 e. The van der Waals surface area contributed by atoms with Gasteiger partial charge in [-0.05, 0) is 31.5 Å². The number of benzene rings is 1. The lowest BCUT2D eigenvalue weighted by Gasteiger charge is -2.33. The molecule has 0 bridgehead atoms. The summed E-state index contributed by atoms with van der Waals surface area (Å²) in [6.45, 7) is 3.88. The van der Waals surface area contributed by atoms with E-state index in [2.05, 4.69) is 35.8 Å². The van der Waals surface area contributed by atoms with Crippen LogP contribution in [-0.4, -0.2) is 32.6 Å². The SMILES string of the molecule is C[C@H](c1cnc[nH]1)n1c(=O)nc(N2CCC2)c2ccc(Br)cc21. The molecule has 0 saturated carbocycles. The van der Waals surface area contributed by atoms with Gasteiger partial charge in [0.1, 0.15) is 5.82 Å². The summed E-state index contributed by atoms with van der Waals surface area (Å²) < 4.78 is 2.66. The standard InChI is InChI=1S/C16H16BrN5O/c1-10(13-8-18-9-19-13)22-14-7-11(17)3-4-12(14)15(20-16(22)23)21-5-2-6-21/h3-4,7-10H,2,5-6H2,1H3,(H,18,19)/t10-/m1/s1. The number of hydrogen-bond acceptors (Lipinski definition) is 4. The molecule has 1 aromatic carbocycles. The minimum absolute atomic E-state index is 0.167. The highest BCUT2D eigenvalue weighted by atomic mass is 79.9. The van der Waals surface area contributed by atoms with Crippen molar-refractivity contribution in [2.75, 3.05) is 18.0 Å². The van der Waals surface area contributed by atoms with Crippen molar-refractivity contribution in [2.45, 2.75) is 19.4 Å². The Morgan fingerprint density at radius 2 is 2.17 bits per heavy atom. The first-order chi connectivity index (χ1) is 11.1. The lowest BCUT2D eigenvalue weighted by Crippen LogP contribution is -2.40. The van der Waals surface area contributed by atoms with Crippen LogP contribution in [-0.2, 0) is 0 Å². The summed E-state index contributed by atoms with van der Waals surface area (Å²) in [7, 11) is 0. The molecule has 1 fully saturated rings. The van der Waals surface area contributed by atoms with E-state index in [0.717, 1.165) is 46.4 Å². The summed E-state index contributed by atoms with van der Waals surface area (Å²) in [5.74, 6) is 0.789. The molecule has 4 rings (SSSR count). The zero-order chi connectivity index (χ0) is 16.0. The van der Waals surface area contributed by atoms with Crippen molar-refractivity contribution in [3.8, 4) is 0 Å². The highest BCUT2D eigenvalue weighted by Crippen LogP contribution is 2.30. The Kier molecular flexibility index (Phi) is 3.45. The minimum atomic E-state index is -0.236. The third kappa shape index (κ3) is 2.35. The summed E-state index contributed by atoms with van der Waals surface area (Å²) >= 11 is 3.51. The van der Waals surface area contributed by atoms with Crippen LogP contribution in [0.4, 0.5) is 5.82 Å². The van der Waals surface area contributed by atoms with Gasteiger partial charge >= 0.3 is 5.69 Å². The molecule has 0 aliphatic carbocycles. The number of fused-ring (bicyclic) bond motifs is 1. The van der Waals surface area contributed by atoms with Crippen LogP contribution < -0.4 is 10.6 Å². The predicted octanol–water partition coefficient (Wildman–Crippen LogP) is 2.70. The second-order valence-corrected chi connectivity index (χ2v) is 6.69. The Bertz CT molecular complexity index is 914. The molecular weight excluding hydrogens is 358 g/mol. The molecule has 0 amide bonds. The van der Waals surface area contributed by atoms with Crippen molar-refractivity contribution in [1.82, 2.24) is 19.5 Å². The topological polar surface area (TPSA) is 66.8 Å². The van der Waals surface area contributed by atoms with Gasteiger partial charge in [-0.25, -0.2) is 9.78 Å². The lowest BCUT2D eigenvalue weighted by molar-refractivity contribution is 0.587. The van der Waals surface area contributed by atoms with Crippen LogP contribution >= 0.6 is 15.9 Å². The van der Waals surface area contributed by atoms with E-state index in [4.69, 9.17) is 0 Å². The normalized spacial score (nSPS) is 15.7. The summed E-state index contributed by atoms with van der Waals surface area (Å²) in [5, 5.41) is 0.999. The maximum atomic E-state index is 12.7.